The minimum absolute atomic E-state index is 0.193. The van der Waals surface area contributed by atoms with Crippen LogP contribution in [0.4, 0.5) is 0 Å². The normalized spacial score (nSPS) is 11.2. The summed E-state index contributed by atoms with van der Waals surface area (Å²) in [6.45, 7) is 8.40. The average Bonchev–Trinajstić information content (AvgIpc) is 2.29. The highest BCUT2D eigenvalue weighted by atomic mass is 14.9. The molecule has 0 amide bonds. The fourth-order valence-electron chi connectivity index (χ4n) is 1.83. The van der Waals surface area contributed by atoms with Gasteiger partial charge in [-0.3, -0.25) is 0 Å². The van der Waals surface area contributed by atoms with E-state index in [1.165, 1.54) is 11.1 Å². The Balaban J connectivity index is 2.38. The van der Waals surface area contributed by atoms with E-state index in [0.29, 0.717) is 6.42 Å². The summed E-state index contributed by atoms with van der Waals surface area (Å²) in [4.78, 5) is 0. The first-order chi connectivity index (χ1) is 8.05. The molecule has 1 rings (SSSR count). The Morgan fingerprint density at radius 3 is 2.65 bits per heavy atom. The van der Waals surface area contributed by atoms with Gasteiger partial charge in [-0.1, -0.05) is 38.1 Å². The third-order valence-electron chi connectivity index (χ3n) is 3.09. The average molecular weight is 230 g/mol. The van der Waals surface area contributed by atoms with E-state index in [2.05, 4.69) is 56.4 Å². The molecule has 0 aromatic heterocycles. The van der Waals surface area contributed by atoms with Crippen LogP contribution in [0, 0.1) is 23.7 Å². The quantitative estimate of drug-likeness (QED) is 0.813. The fraction of sp³-hybridized carbons (Fsp3) is 0.533. The van der Waals surface area contributed by atoms with Gasteiger partial charge < -0.3 is 5.32 Å². The lowest BCUT2D eigenvalue weighted by Crippen LogP contribution is -2.29. The highest BCUT2D eigenvalue weighted by Crippen LogP contribution is 2.20. The maximum atomic E-state index is 8.60. The third kappa shape index (κ3) is 5.01. The predicted molar refractivity (Wildman–Crippen MR) is 71.5 cm³/mol. The molecular weight excluding hydrogens is 208 g/mol. The molecule has 0 aliphatic carbocycles. The Morgan fingerprint density at radius 1 is 1.29 bits per heavy atom. The number of nitrogens with one attached hydrogen (secondary N) is 1. The van der Waals surface area contributed by atoms with Crippen molar-refractivity contribution in [2.75, 3.05) is 6.54 Å². The van der Waals surface area contributed by atoms with Gasteiger partial charge in [0.25, 0.3) is 0 Å². The van der Waals surface area contributed by atoms with Gasteiger partial charge in [-0.2, -0.15) is 5.26 Å². The Morgan fingerprint density at radius 2 is 2.00 bits per heavy atom. The van der Waals surface area contributed by atoms with Gasteiger partial charge in [0.05, 0.1) is 6.07 Å². The van der Waals surface area contributed by atoms with Gasteiger partial charge in [0.15, 0.2) is 0 Å². The molecule has 2 nitrogen and oxygen atoms in total. The second-order valence-electron chi connectivity index (χ2n) is 5.35. The van der Waals surface area contributed by atoms with Crippen LogP contribution < -0.4 is 5.32 Å². The van der Waals surface area contributed by atoms with E-state index in [4.69, 9.17) is 5.26 Å². The van der Waals surface area contributed by atoms with Crippen LogP contribution >= 0.6 is 0 Å². The van der Waals surface area contributed by atoms with Crippen LogP contribution in [0.1, 0.15) is 37.8 Å². The van der Waals surface area contributed by atoms with Crippen molar-refractivity contribution in [2.45, 2.75) is 40.2 Å². The van der Waals surface area contributed by atoms with E-state index < -0.39 is 0 Å². The number of rotatable bonds is 6. The highest BCUT2D eigenvalue weighted by molar-refractivity contribution is 5.25. The number of nitriles is 1. The van der Waals surface area contributed by atoms with Crippen LogP contribution in [0.5, 0.6) is 0 Å². The van der Waals surface area contributed by atoms with Crippen molar-refractivity contribution in [2.24, 2.45) is 5.41 Å². The lowest BCUT2D eigenvalue weighted by molar-refractivity contribution is 0.317. The molecule has 0 spiro atoms. The second kappa shape index (κ2) is 6.42. The second-order valence-corrected chi connectivity index (χ2v) is 5.35. The largest absolute Gasteiger partial charge is 0.312 e. The third-order valence-corrected chi connectivity index (χ3v) is 3.09. The van der Waals surface area contributed by atoms with E-state index in [9.17, 15) is 0 Å². The van der Waals surface area contributed by atoms with Crippen molar-refractivity contribution in [1.29, 1.82) is 5.26 Å². The summed E-state index contributed by atoms with van der Waals surface area (Å²) in [6.07, 6.45) is 1.59. The summed E-state index contributed by atoms with van der Waals surface area (Å²) in [5.41, 5.74) is 2.87. The molecule has 0 aliphatic rings. The molecule has 0 saturated heterocycles. The zero-order chi connectivity index (χ0) is 12.7. The first kappa shape index (κ1) is 13.7. The van der Waals surface area contributed by atoms with Gasteiger partial charge in [-0.05, 0) is 29.9 Å². The lowest BCUT2D eigenvalue weighted by atomic mass is 9.88. The van der Waals surface area contributed by atoms with E-state index in [1.807, 2.05) is 0 Å². The van der Waals surface area contributed by atoms with Crippen molar-refractivity contribution in [1.82, 2.24) is 5.32 Å². The maximum Gasteiger partial charge on any atom is 0.0621 e. The molecule has 1 N–H and O–H groups in total. The number of nitrogens with zero attached hydrogens (tertiary/aromatic N) is 1. The highest BCUT2D eigenvalue weighted by Gasteiger charge is 2.16. The van der Waals surface area contributed by atoms with Gasteiger partial charge in [0.1, 0.15) is 0 Å². The molecule has 0 unspecified atom stereocenters. The molecular formula is C15H22N2. The molecule has 0 radical (unpaired) electrons. The minimum atomic E-state index is 0.193. The van der Waals surface area contributed by atoms with Crippen molar-refractivity contribution in [3.63, 3.8) is 0 Å². The number of hydrogen-bond acceptors (Lipinski definition) is 2. The van der Waals surface area contributed by atoms with Crippen LogP contribution in [0.25, 0.3) is 0 Å². The van der Waals surface area contributed by atoms with Crippen molar-refractivity contribution < 1.29 is 0 Å². The molecule has 2 heteroatoms. The molecule has 92 valence electrons. The summed E-state index contributed by atoms with van der Waals surface area (Å²) in [6, 6.07) is 10.6. The van der Waals surface area contributed by atoms with Crippen LogP contribution in [0.15, 0.2) is 24.3 Å². The molecule has 0 fully saturated rings. The lowest BCUT2D eigenvalue weighted by Gasteiger charge is -2.24. The van der Waals surface area contributed by atoms with Gasteiger partial charge in [-0.15, -0.1) is 0 Å². The minimum Gasteiger partial charge on any atom is -0.312 e. The van der Waals surface area contributed by atoms with E-state index in [0.717, 1.165) is 19.5 Å². The zero-order valence-electron chi connectivity index (χ0n) is 11.1. The van der Waals surface area contributed by atoms with Crippen LogP contribution in [0.3, 0.4) is 0 Å². The molecule has 0 saturated carbocycles. The number of hydrogen-bond donors (Lipinski definition) is 1. The van der Waals surface area contributed by atoms with Gasteiger partial charge in [0.2, 0.25) is 0 Å². The molecule has 1 aromatic carbocycles. The van der Waals surface area contributed by atoms with Gasteiger partial charge in [0, 0.05) is 19.5 Å². The predicted octanol–water partition coefficient (Wildman–Crippen LogP) is 3.41. The Hall–Kier alpha value is -1.33. The molecule has 1 aromatic rings. The number of aryl methyl sites for hydroxylation is 1. The number of benzene rings is 1. The molecule has 17 heavy (non-hydrogen) atoms. The zero-order valence-corrected chi connectivity index (χ0v) is 11.1. The van der Waals surface area contributed by atoms with Crippen molar-refractivity contribution >= 4 is 0 Å². The molecule has 0 heterocycles. The first-order valence-corrected chi connectivity index (χ1v) is 6.17. The standard InChI is InChI=1S/C15H22N2/c1-13-7-4-5-8-14(13)11-17-12-15(2,3)9-6-10-16/h4-5,7-8,17H,6,9,11-12H2,1-3H3. The maximum absolute atomic E-state index is 8.60. The van der Waals surface area contributed by atoms with E-state index in [-0.39, 0.29) is 5.41 Å². The fourth-order valence-corrected chi connectivity index (χ4v) is 1.83. The van der Waals surface area contributed by atoms with E-state index >= 15 is 0 Å². The Labute approximate surface area is 105 Å². The monoisotopic (exact) mass is 230 g/mol. The van der Waals surface area contributed by atoms with Gasteiger partial charge in [-0.25, -0.2) is 0 Å². The summed E-state index contributed by atoms with van der Waals surface area (Å²) >= 11 is 0. The van der Waals surface area contributed by atoms with Crippen molar-refractivity contribution in [3.8, 4) is 6.07 Å². The Kier molecular flexibility index (Phi) is 5.18. The summed E-state index contributed by atoms with van der Waals surface area (Å²) in [5.74, 6) is 0. The summed E-state index contributed by atoms with van der Waals surface area (Å²) < 4.78 is 0. The van der Waals surface area contributed by atoms with Crippen LogP contribution in [-0.2, 0) is 6.54 Å². The summed E-state index contributed by atoms with van der Waals surface area (Å²) in [7, 11) is 0. The first-order valence-electron chi connectivity index (χ1n) is 6.17. The van der Waals surface area contributed by atoms with Gasteiger partial charge >= 0.3 is 0 Å². The topological polar surface area (TPSA) is 35.8 Å². The molecule has 0 bridgehead atoms. The SMILES string of the molecule is Cc1ccccc1CNCC(C)(C)CCC#N. The van der Waals surface area contributed by atoms with Crippen LogP contribution in [0.2, 0.25) is 0 Å². The molecule has 0 atom stereocenters. The summed E-state index contributed by atoms with van der Waals surface area (Å²) in [5, 5.41) is 12.1. The Bertz CT molecular complexity index is 388. The smallest absolute Gasteiger partial charge is 0.0621 e. The van der Waals surface area contributed by atoms with E-state index in [1.54, 1.807) is 0 Å². The van der Waals surface area contributed by atoms with Crippen molar-refractivity contribution in [3.05, 3.63) is 35.4 Å². The molecule has 0 aliphatic heterocycles. The van der Waals surface area contributed by atoms with Crippen LogP contribution in [-0.4, -0.2) is 6.54 Å².